The average Bonchev–Trinajstić information content (AvgIpc) is 3.80. The highest BCUT2D eigenvalue weighted by molar-refractivity contribution is 6.37. The lowest BCUT2D eigenvalue weighted by molar-refractivity contribution is 0.0926. The third-order valence-corrected chi connectivity index (χ3v) is 11.3. The van der Waals surface area contributed by atoms with Gasteiger partial charge in [-0.15, -0.1) is 0 Å². The zero-order valence-corrected chi connectivity index (χ0v) is 32.7. The maximum Gasteiger partial charge on any atom is 0.268 e. The number of fused-ring (bicyclic) bond motifs is 4. The molecule has 0 fully saturated rings. The van der Waals surface area contributed by atoms with Crippen LogP contribution in [0.1, 0.15) is 31.8 Å². The van der Waals surface area contributed by atoms with Gasteiger partial charge in [0.25, 0.3) is 11.8 Å². The Bertz CT molecular complexity index is 3300. The zero-order valence-electron chi connectivity index (χ0n) is 32.7. The third-order valence-electron chi connectivity index (χ3n) is 11.3. The van der Waals surface area contributed by atoms with Gasteiger partial charge >= 0.3 is 0 Å². The van der Waals surface area contributed by atoms with Crippen molar-refractivity contribution in [3.05, 3.63) is 215 Å². The number of rotatable bonds is 6. The molecule has 0 N–H and O–H groups in total. The van der Waals surface area contributed by atoms with Gasteiger partial charge in [0.1, 0.15) is 0 Å². The zero-order chi connectivity index (χ0) is 42.5. The fourth-order valence-electron chi connectivity index (χ4n) is 8.60. The van der Waals surface area contributed by atoms with Gasteiger partial charge in [-0.25, -0.2) is 14.6 Å². The van der Waals surface area contributed by atoms with Gasteiger partial charge in [0.15, 0.2) is 11.4 Å². The van der Waals surface area contributed by atoms with E-state index in [2.05, 4.69) is 21.8 Å². The molecule has 10 rings (SSSR count). The quantitative estimate of drug-likeness (QED) is 0.124. The van der Waals surface area contributed by atoms with E-state index in [1.54, 1.807) is 48.5 Å². The van der Waals surface area contributed by atoms with Gasteiger partial charge in [0, 0.05) is 33.0 Å². The van der Waals surface area contributed by atoms with Crippen LogP contribution in [-0.4, -0.2) is 16.4 Å². The number of benzene rings is 8. The summed E-state index contributed by atoms with van der Waals surface area (Å²) in [7, 11) is 0. The Morgan fingerprint density at radius 2 is 0.935 bits per heavy atom. The molecule has 2 amide bonds. The van der Waals surface area contributed by atoms with E-state index >= 15 is 4.79 Å². The first-order chi connectivity index (χ1) is 30.4. The predicted molar refractivity (Wildman–Crippen MR) is 242 cm³/mol. The number of imide groups is 1. The molecule has 8 heteroatoms. The molecule has 0 radical (unpaired) electrons. The van der Waals surface area contributed by atoms with E-state index in [0.29, 0.717) is 45.0 Å². The maximum absolute atomic E-state index is 15.3. The summed E-state index contributed by atoms with van der Waals surface area (Å²) >= 11 is 0. The molecule has 0 aliphatic carbocycles. The second kappa shape index (κ2) is 14.8. The number of nitriles is 2. The van der Waals surface area contributed by atoms with Gasteiger partial charge in [-0.3, -0.25) is 9.59 Å². The molecule has 286 valence electrons. The van der Waals surface area contributed by atoms with Gasteiger partial charge in [-0.1, -0.05) is 97.1 Å². The van der Waals surface area contributed by atoms with Gasteiger partial charge in [-0.05, 0) is 106 Å². The SMILES string of the molecule is [C-]#[N+]c1cc(C#N)cc(-c2ccc3c(c2)c2cc(-c4cc(C#N)cc([N+]#[C-])c4)ccc2n3-c2cccc3c2C(=O)N(c2c(-c4ccccc4)cccc2-c2ccccc2)C3=O)c1. The van der Waals surface area contributed by atoms with E-state index in [-0.39, 0.29) is 11.1 Å². The Labute approximate surface area is 356 Å². The van der Waals surface area contributed by atoms with Crippen LogP contribution >= 0.6 is 0 Å². The first-order valence-corrected chi connectivity index (χ1v) is 19.6. The van der Waals surface area contributed by atoms with Crippen molar-refractivity contribution >= 4 is 50.7 Å². The number of carbonyl (C=O) groups is 2. The summed E-state index contributed by atoms with van der Waals surface area (Å²) in [5, 5.41) is 21.2. The molecule has 0 bridgehead atoms. The van der Waals surface area contributed by atoms with Crippen LogP contribution in [-0.2, 0) is 0 Å². The van der Waals surface area contributed by atoms with E-state index in [9.17, 15) is 15.3 Å². The summed E-state index contributed by atoms with van der Waals surface area (Å²) in [6.45, 7) is 15.3. The number of aromatic nitrogens is 1. The van der Waals surface area contributed by atoms with Crippen molar-refractivity contribution in [3.63, 3.8) is 0 Å². The number of para-hydroxylation sites is 1. The standard InChI is InChI=1S/C54H28N6O2/c1-57-41-25-33(31-55)23-39(27-41)37-19-21-48-46(29-37)47-30-38(40-24-34(32-56)26-42(28-40)58-2)20-22-49(47)59(48)50-18-10-17-45-51(50)54(62)60(53(45)61)52-43(35-11-5-3-6-12-35)15-9-16-44(52)36-13-7-4-8-14-36/h3-30H. The summed E-state index contributed by atoms with van der Waals surface area (Å²) in [5.41, 5.74) is 10.6. The number of hydrogen-bond acceptors (Lipinski definition) is 4. The Hall–Kier alpha value is -9.34. The van der Waals surface area contributed by atoms with E-state index in [1.807, 2.05) is 126 Å². The lowest BCUT2D eigenvalue weighted by atomic mass is 9.95. The minimum Gasteiger partial charge on any atom is -0.308 e. The third kappa shape index (κ3) is 5.97. The normalized spacial score (nSPS) is 11.8. The summed E-state index contributed by atoms with van der Waals surface area (Å²) in [5.74, 6) is -0.886. The minimum atomic E-state index is -0.454. The Balaban J connectivity index is 1.21. The number of carbonyl (C=O) groups excluding carboxylic acids is 2. The Morgan fingerprint density at radius 1 is 0.452 bits per heavy atom. The molecule has 2 heterocycles. The van der Waals surface area contributed by atoms with E-state index < -0.39 is 11.8 Å². The molecular formula is C54H28N6O2. The molecule has 1 aliphatic rings. The van der Waals surface area contributed by atoms with Crippen LogP contribution in [0.2, 0.25) is 0 Å². The van der Waals surface area contributed by atoms with Crippen LogP contribution in [0.15, 0.2) is 170 Å². The van der Waals surface area contributed by atoms with E-state index in [0.717, 1.165) is 55.2 Å². The van der Waals surface area contributed by atoms with Crippen LogP contribution in [0.5, 0.6) is 0 Å². The molecule has 1 aromatic heterocycles. The van der Waals surface area contributed by atoms with Crippen molar-refractivity contribution in [1.29, 1.82) is 10.5 Å². The molecule has 0 unspecified atom stereocenters. The lowest BCUT2D eigenvalue weighted by Crippen LogP contribution is -2.30. The van der Waals surface area contributed by atoms with E-state index in [4.69, 9.17) is 13.1 Å². The molecule has 0 atom stereocenters. The van der Waals surface area contributed by atoms with Gasteiger partial charge in [-0.2, -0.15) is 10.5 Å². The van der Waals surface area contributed by atoms with Crippen molar-refractivity contribution < 1.29 is 9.59 Å². The minimum absolute atomic E-state index is 0.262. The molecule has 8 nitrogen and oxygen atoms in total. The summed E-state index contributed by atoms with van der Waals surface area (Å²) in [6, 6.07) is 56.8. The van der Waals surface area contributed by atoms with Crippen molar-refractivity contribution in [2.24, 2.45) is 0 Å². The van der Waals surface area contributed by atoms with Crippen LogP contribution in [0.4, 0.5) is 17.1 Å². The monoisotopic (exact) mass is 792 g/mol. The second-order valence-corrected chi connectivity index (χ2v) is 14.9. The molecular weight excluding hydrogens is 765 g/mol. The van der Waals surface area contributed by atoms with Gasteiger partial charge < -0.3 is 4.57 Å². The number of nitrogens with zero attached hydrogens (tertiary/aromatic N) is 6. The van der Waals surface area contributed by atoms with Crippen LogP contribution < -0.4 is 4.90 Å². The molecule has 0 spiro atoms. The van der Waals surface area contributed by atoms with Gasteiger partial charge in [0.05, 0.1) is 58.8 Å². The van der Waals surface area contributed by atoms with Crippen LogP contribution in [0, 0.1) is 35.8 Å². The van der Waals surface area contributed by atoms with Crippen LogP contribution in [0.25, 0.3) is 81.7 Å². The van der Waals surface area contributed by atoms with Crippen LogP contribution in [0.3, 0.4) is 0 Å². The number of hydrogen-bond donors (Lipinski definition) is 0. The molecule has 0 saturated carbocycles. The van der Waals surface area contributed by atoms with Crippen molar-refractivity contribution in [2.75, 3.05) is 4.90 Å². The van der Waals surface area contributed by atoms with Crippen molar-refractivity contribution in [1.82, 2.24) is 4.57 Å². The first-order valence-electron chi connectivity index (χ1n) is 19.6. The predicted octanol–water partition coefficient (Wildman–Crippen LogP) is 13.1. The fraction of sp³-hybridized carbons (Fsp3) is 0. The topological polar surface area (TPSA) is 98.6 Å². The smallest absolute Gasteiger partial charge is 0.268 e. The van der Waals surface area contributed by atoms with Crippen molar-refractivity contribution in [3.8, 4) is 62.3 Å². The number of amides is 2. The van der Waals surface area contributed by atoms with Crippen molar-refractivity contribution in [2.45, 2.75) is 0 Å². The van der Waals surface area contributed by atoms with E-state index in [1.165, 1.54) is 4.90 Å². The summed E-state index contributed by atoms with van der Waals surface area (Å²) < 4.78 is 2.00. The fourth-order valence-corrected chi connectivity index (χ4v) is 8.60. The largest absolute Gasteiger partial charge is 0.308 e. The maximum atomic E-state index is 15.3. The van der Waals surface area contributed by atoms with Gasteiger partial charge in [0.2, 0.25) is 0 Å². The highest BCUT2D eigenvalue weighted by Gasteiger charge is 2.41. The first kappa shape index (κ1) is 37.0. The lowest BCUT2D eigenvalue weighted by Gasteiger charge is -2.23. The Kier molecular flexibility index (Phi) is 8.82. The molecule has 1 aliphatic heterocycles. The summed E-state index contributed by atoms with van der Waals surface area (Å²) in [6.07, 6.45) is 0. The molecule has 62 heavy (non-hydrogen) atoms. The highest BCUT2D eigenvalue weighted by atomic mass is 16.2. The summed E-state index contributed by atoms with van der Waals surface area (Å²) in [4.78, 5) is 38.6. The molecule has 8 aromatic carbocycles. The Morgan fingerprint density at radius 3 is 1.42 bits per heavy atom. The average molecular weight is 793 g/mol. The molecule has 9 aromatic rings. The highest BCUT2D eigenvalue weighted by Crippen LogP contribution is 2.45. The number of anilines is 1. The molecule has 0 saturated heterocycles. The second-order valence-electron chi connectivity index (χ2n) is 14.9.